The Hall–Kier alpha value is -2.69. The quantitative estimate of drug-likeness (QED) is 0.721. The predicted molar refractivity (Wildman–Crippen MR) is 85.0 cm³/mol. The molecule has 0 saturated carbocycles. The molecule has 0 fully saturated rings. The maximum atomic E-state index is 5.88. The van der Waals surface area contributed by atoms with Crippen LogP contribution in [0.25, 0.3) is 10.9 Å². The van der Waals surface area contributed by atoms with Gasteiger partial charge in [0.15, 0.2) is 0 Å². The van der Waals surface area contributed by atoms with E-state index in [1.54, 1.807) is 6.20 Å². The number of hydrogen-bond donors (Lipinski definition) is 2. The van der Waals surface area contributed by atoms with Crippen molar-refractivity contribution in [2.45, 2.75) is 20.4 Å². The summed E-state index contributed by atoms with van der Waals surface area (Å²) in [5, 5.41) is 4.43. The maximum Gasteiger partial charge on any atom is 0.125 e. The summed E-state index contributed by atoms with van der Waals surface area (Å²) >= 11 is 0. The highest BCUT2D eigenvalue weighted by molar-refractivity contribution is 5.93. The van der Waals surface area contributed by atoms with Gasteiger partial charge in [-0.25, -0.2) is 9.97 Å². The van der Waals surface area contributed by atoms with Crippen LogP contribution < -0.4 is 11.1 Å². The number of fused-ring (bicyclic) bond motifs is 1. The second-order valence-corrected chi connectivity index (χ2v) is 5.04. The Morgan fingerprint density at radius 1 is 1.10 bits per heavy atom. The highest BCUT2D eigenvalue weighted by Crippen LogP contribution is 2.25. The fraction of sp³-hybridized carbons (Fsp3) is 0.188. The lowest BCUT2D eigenvalue weighted by atomic mass is 10.1. The molecule has 0 radical (unpaired) electrons. The Morgan fingerprint density at radius 2 is 1.95 bits per heavy atom. The minimum atomic E-state index is 0.636. The first-order chi connectivity index (χ1) is 10.1. The fourth-order valence-electron chi connectivity index (χ4n) is 2.31. The van der Waals surface area contributed by atoms with Gasteiger partial charge >= 0.3 is 0 Å². The fourth-order valence-corrected chi connectivity index (χ4v) is 2.31. The summed E-state index contributed by atoms with van der Waals surface area (Å²) < 4.78 is 0. The molecule has 3 aromatic rings. The van der Waals surface area contributed by atoms with Crippen LogP contribution in [0.15, 0.2) is 36.5 Å². The van der Waals surface area contributed by atoms with Gasteiger partial charge in [-0.3, -0.25) is 4.98 Å². The number of nitrogen functional groups attached to an aromatic ring is 1. The van der Waals surface area contributed by atoms with Crippen LogP contribution in [-0.4, -0.2) is 15.0 Å². The van der Waals surface area contributed by atoms with Crippen LogP contribution in [0, 0.1) is 13.8 Å². The number of nitrogens with one attached hydrogen (secondary N) is 1. The van der Waals surface area contributed by atoms with Gasteiger partial charge in [-0.15, -0.1) is 0 Å². The van der Waals surface area contributed by atoms with E-state index in [-0.39, 0.29) is 0 Å². The zero-order valence-corrected chi connectivity index (χ0v) is 12.1. The molecule has 0 aliphatic carbocycles. The van der Waals surface area contributed by atoms with Crippen LogP contribution >= 0.6 is 0 Å². The molecule has 5 heteroatoms. The molecule has 0 bridgehead atoms. The van der Waals surface area contributed by atoms with Crippen molar-refractivity contribution in [3.63, 3.8) is 0 Å². The first-order valence-electron chi connectivity index (χ1n) is 6.81. The van der Waals surface area contributed by atoms with Crippen molar-refractivity contribution in [2.24, 2.45) is 0 Å². The minimum Gasteiger partial charge on any atom is -0.399 e. The summed E-state index contributed by atoms with van der Waals surface area (Å²) in [6.07, 6.45) is 1.77. The SMILES string of the molecule is Cc1cc(NCc2ccnc(C)n2)c2cc(N)ccc2n1. The summed E-state index contributed by atoms with van der Waals surface area (Å²) in [6.45, 7) is 4.50. The van der Waals surface area contributed by atoms with Crippen molar-refractivity contribution in [3.8, 4) is 0 Å². The van der Waals surface area contributed by atoms with Crippen LogP contribution in [0.2, 0.25) is 0 Å². The van der Waals surface area contributed by atoms with Crippen molar-refractivity contribution >= 4 is 22.3 Å². The van der Waals surface area contributed by atoms with E-state index in [4.69, 9.17) is 5.73 Å². The molecule has 0 saturated heterocycles. The average Bonchev–Trinajstić information content (AvgIpc) is 2.45. The number of aromatic nitrogens is 3. The molecule has 2 heterocycles. The third-order valence-electron chi connectivity index (χ3n) is 3.25. The van der Waals surface area contributed by atoms with Gasteiger partial charge in [-0.1, -0.05) is 0 Å². The van der Waals surface area contributed by atoms with Crippen LogP contribution in [-0.2, 0) is 6.54 Å². The number of rotatable bonds is 3. The molecule has 1 aromatic carbocycles. The molecule has 0 aliphatic rings. The van der Waals surface area contributed by atoms with E-state index in [2.05, 4.69) is 20.3 Å². The molecule has 3 rings (SSSR count). The van der Waals surface area contributed by atoms with Crippen LogP contribution in [0.4, 0.5) is 11.4 Å². The molecule has 3 N–H and O–H groups in total. The van der Waals surface area contributed by atoms with E-state index < -0.39 is 0 Å². The van der Waals surface area contributed by atoms with Crippen molar-refractivity contribution < 1.29 is 0 Å². The molecule has 0 unspecified atom stereocenters. The van der Waals surface area contributed by atoms with Gasteiger partial charge < -0.3 is 11.1 Å². The van der Waals surface area contributed by atoms with E-state index in [0.29, 0.717) is 6.54 Å². The molecule has 0 aliphatic heterocycles. The predicted octanol–water partition coefficient (Wildman–Crippen LogP) is 2.84. The summed E-state index contributed by atoms with van der Waals surface area (Å²) in [7, 11) is 0. The number of nitrogens with two attached hydrogens (primary N) is 1. The van der Waals surface area contributed by atoms with Crippen LogP contribution in [0.1, 0.15) is 17.2 Å². The standard InChI is InChI=1S/C16H17N5/c1-10-7-16(14-8-12(17)3-4-15(14)20-10)19-9-13-5-6-18-11(2)21-13/h3-8H,9,17H2,1-2H3,(H,19,20). The minimum absolute atomic E-state index is 0.636. The summed E-state index contributed by atoms with van der Waals surface area (Å²) in [5.74, 6) is 0.773. The van der Waals surface area contributed by atoms with E-state index in [0.717, 1.165) is 39.5 Å². The van der Waals surface area contributed by atoms with Gasteiger partial charge in [0.05, 0.1) is 17.8 Å². The lowest BCUT2D eigenvalue weighted by Crippen LogP contribution is -2.04. The van der Waals surface area contributed by atoms with Crippen LogP contribution in [0.5, 0.6) is 0 Å². The Morgan fingerprint density at radius 3 is 2.76 bits per heavy atom. The Kier molecular flexibility index (Phi) is 3.39. The number of anilines is 2. The average molecular weight is 279 g/mol. The second-order valence-electron chi connectivity index (χ2n) is 5.04. The smallest absolute Gasteiger partial charge is 0.125 e. The number of nitrogens with zero attached hydrogens (tertiary/aromatic N) is 3. The molecule has 21 heavy (non-hydrogen) atoms. The number of aryl methyl sites for hydroxylation is 2. The lowest BCUT2D eigenvalue weighted by molar-refractivity contribution is 0.955. The molecule has 0 amide bonds. The third kappa shape index (κ3) is 2.91. The summed E-state index contributed by atoms with van der Waals surface area (Å²) in [5.41, 5.74) is 10.5. The molecular weight excluding hydrogens is 262 g/mol. The molecule has 0 atom stereocenters. The first kappa shape index (κ1) is 13.3. The Balaban J connectivity index is 1.94. The summed E-state index contributed by atoms with van der Waals surface area (Å²) in [4.78, 5) is 13.0. The zero-order chi connectivity index (χ0) is 14.8. The Labute approximate surface area is 123 Å². The molecular formula is C16H17N5. The van der Waals surface area contributed by atoms with Gasteiger partial charge in [-0.2, -0.15) is 0 Å². The zero-order valence-electron chi connectivity index (χ0n) is 12.1. The van der Waals surface area contributed by atoms with Crippen molar-refractivity contribution in [2.75, 3.05) is 11.1 Å². The second kappa shape index (κ2) is 5.36. The van der Waals surface area contributed by atoms with E-state index in [1.807, 2.05) is 44.2 Å². The van der Waals surface area contributed by atoms with Gasteiger partial charge in [-0.05, 0) is 44.2 Å². The molecule has 2 aromatic heterocycles. The molecule has 0 spiro atoms. The lowest BCUT2D eigenvalue weighted by Gasteiger charge is -2.11. The van der Waals surface area contributed by atoms with Crippen molar-refractivity contribution in [1.29, 1.82) is 0 Å². The molecule has 5 nitrogen and oxygen atoms in total. The number of benzene rings is 1. The Bertz CT molecular complexity index is 798. The van der Waals surface area contributed by atoms with E-state index in [9.17, 15) is 0 Å². The maximum absolute atomic E-state index is 5.88. The number of pyridine rings is 1. The van der Waals surface area contributed by atoms with Crippen molar-refractivity contribution in [3.05, 3.63) is 53.7 Å². The van der Waals surface area contributed by atoms with Gasteiger partial charge in [0.2, 0.25) is 0 Å². The molecule has 106 valence electrons. The largest absolute Gasteiger partial charge is 0.399 e. The normalized spacial score (nSPS) is 10.8. The number of hydrogen-bond acceptors (Lipinski definition) is 5. The topological polar surface area (TPSA) is 76.7 Å². The van der Waals surface area contributed by atoms with Gasteiger partial charge in [0.25, 0.3) is 0 Å². The monoisotopic (exact) mass is 279 g/mol. The van der Waals surface area contributed by atoms with Gasteiger partial charge in [0.1, 0.15) is 5.82 Å². The van der Waals surface area contributed by atoms with E-state index in [1.165, 1.54) is 0 Å². The van der Waals surface area contributed by atoms with Crippen molar-refractivity contribution in [1.82, 2.24) is 15.0 Å². The van der Waals surface area contributed by atoms with Crippen LogP contribution in [0.3, 0.4) is 0 Å². The highest BCUT2D eigenvalue weighted by atomic mass is 14.9. The first-order valence-corrected chi connectivity index (χ1v) is 6.81. The van der Waals surface area contributed by atoms with Gasteiger partial charge in [0, 0.05) is 28.7 Å². The summed E-state index contributed by atoms with van der Waals surface area (Å²) in [6, 6.07) is 9.68. The van der Waals surface area contributed by atoms with E-state index >= 15 is 0 Å². The third-order valence-corrected chi connectivity index (χ3v) is 3.25. The highest BCUT2D eigenvalue weighted by Gasteiger charge is 2.05.